The van der Waals surface area contributed by atoms with E-state index in [0.717, 1.165) is 16.9 Å². The van der Waals surface area contributed by atoms with E-state index in [2.05, 4.69) is 0 Å². The van der Waals surface area contributed by atoms with Crippen LogP contribution in [0.3, 0.4) is 0 Å². The fourth-order valence-corrected chi connectivity index (χ4v) is 4.90. The summed E-state index contributed by atoms with van der Waals surface area (Å²) in [5.41, 5.74) is 1.10. The Bertz CT molecular complexity index is 730. The third-order valence-corrected chi connectivity index (χ3v) is 7.02. The molecule has 0 N–H and O–H groups in total. The number of rotatable bonds is 5. The van der Waals surface area contributed by atoms with Gasteiger partial charge in [0.05, 0.1) is 0 Å². The lowest BCUT2D eigenvalue weighted by molar-refractivity contribution is 0.388. The molecule has 3 nitrogen and oxygen atoms in total. The highest BCUT2D eigenvalue weighted by molar-refractivity contribution is 7.91. The molecule has 1 unspecified atom stereocenters. The zero-order chi connectivity index (χ0) is 15.6. The number of sulfonamides is 1. The van der Waals surface area contributed by atoms with E-state index >= 15 is 0 Å². The summed E-state index contributed by atoms with van der Waals surface area (Å²) in [6.07, 6.45) is 0. The summed E-state index contributed by atoms with van der Waals surface area (Å²) in [5, 5.41) is 1.71. The number of thiophene rings is 1. The van der Waals surface area contributed by atoms with Gasteiger partial charge in [0, 0.05) is 24.5 Å². The minimum Gasteiger partial charge on any atom is -0.207 e. The molecule has 0 radical (unpaired) electrons. The first kappa shape index (κ1) is 16.4. The maximum Gasteiger partial charge on any atom is 0.252 e. The smallest absolute Gasteiger partial charge is 0.207 e. The second kappa shape index (κ2) is 6.44. The monoisotopic (exact) mass is 347 g/mol. The summed E-state index contributed by atoms with van der Waals surface area (Å²) in [6.45, 7) is 1.66. The van der Waals surface area contributed by atoms with Crippen LogP contribution in [0.25, 0.3) is 0 Å². The Labute approximate surface area is 133 Å². The molecule has 0 fully saturated rings. The van der Waals surface area contributed by atoms with Crippen LogP contribution in [0, 0.1) is 5.82 Å². The summed E-state index contributed by atoms with van der Waals surface area (Å²) in [5.74, 6) is -0.154. The zero-order valence-corrected chi connectivity index (χ0v) is 14.0. The van der Waals surface area contributed by atoms with Gasteiger partial charge in [0.25, 0.3) is 10.0 Å². The molecule has 0 aliphatic carbocycles. The van der Waals surface area contributed by atoms with Crippen LogP contribution >= 0.6 is 22.9 Å². The van der Waals surface area contributed by atoms with E-state index in [9.17, 15) is 12.8 Å². The second-order valence-corrected chi connectivity index (χ2v) is 8.03. The fraction of sp³-hybridized carbons (Fsp3) is 0.286. The third-order valence-electron chi connectivity index (χ3n) is 3.32. The Morgan fingerprint density at radius 1 is 1.38 bits per heavy atom. The molecule has 1 atom stereocenters. The normalized spacial score (nSPS) is 13.6. The molecule has 0 amide bonds. The predicted molar refractivity (Wildman–Crippen MR) is 83.6 cm³/mol. The first-order chi connectivity index (χ1) is 9.87. The molecule has 114 valence electrons. The van der Waals surface area contributed by atoms with Crippen molar-refractivity contribution < 1.29 is 12.8 Å². The minimum absolute atomic E-state index is 0.212. The van der Waals surface area contributed by atoms with Crippen LogP contribution < -0.4 is 0 Å². The van der Waals surface area contributed by atoms with E-state index in [4.69, 9.17) is 11.6 Å². The molecule has 21 heavy (non-hydrogen) atoms. The SMILES string of the molecule is CC(c1ccccc1F)N(C)S(=O)(=O)c1cc(CCl)cs1. The van der Waals surface area contributed by atoms with Crippen LogP contribution in [0.4, 0.5) is 4.39 Å². The van der Waals surface area contributed by atoms with Gasteiger partial charge in [0.2, 0.25) is 0 Å². The zero-order valence-electron chi connectivity index (χ0n) is 11.6. The van der Waals surface area contributed by atoms with E-state index in [0.29, 0.717) is 5.56 Å². The van der Waals surface area contributed by atoms with Crippen molar-refractivity contribution in [2.75, 3.05) is 7.05 Å². The first-order valence-corrected chi connectivity index (χ1v) is 9.09. The van der Waals surface area contributed by atoms with E-state index in [1.807, 2.05) is 0 Å². The van der Waals surface area contributed by atoms with Gasteiger partial charge in [-0.25, -0.2) is 12.8 Å². The summed E-state index contributed by atoms with van der Waals surface area (Å²) in [4.78, 5) is 0. The number of benzene rings is 1. The van der Waals surface area contributed by atoms with Crippen molar-refractivity contribution >= 4 is 33.0 Å². The van der Waals surface area contributed by atoms with Crippen molar-refractivity contribution in [3.63, 3.8) is 0 Å². The van der Waals surface area contributed by atoms with Gasteiger partial charge in [-0.3, -0.25) is 0 Å². The lowest BCUT2D eigenvalue weighted by Gasteiger charge is -2.24. The molecule has 0 spiro atoms. The van der Waals surface area contributed by atoms with Gasteiger partial charge in [0.1, 0.15) is 10.0 Å². The van der Waals surface area contributed by atoms with Crippen molar-refractivity contribution in [3.05, 3.63) is 52.7 Å². The van der Waals surface area contributed by atoms with Crippen molar-refractivity contribution in [2.45, 2.75) is 23.1 Å². The van der Waals surface area contributed by atoms with E-state index in [1.165, 1.54) is 17.4 Å². The molecule has 7 heteroatoms. The maximum absolute atomic E-state index is 13.8. The molecule has 0 bridgehead atoms. The van der Waals surface area contributed by atoms with E-state index in [-0.39, 0.29) is 10.1 Å². The van der Waals surface area contributed by atoms with Crippen molar-refractivity contribution in [1.82, 2.24) is 4.31 Å². The number of alkyl halides is 1. The Hall–Kier alpha value is -0.950. The Balaban J connectivity index is 2.34. The standard InChI is InChI=1S/C14H15ClFNO2S2/c1-10(12-5-3-4-6-13(12)16)17(2)21(18,19)14-7-11(8-15)9-20-14/h3-7,9-10H,8H2,1-2H3. The van der Waals surface area contributed by atoms with Crippen LogP contribution in [0.2, 0.25) is 0 Å². The lowest BCUT2D eigenvalue weighted by Crippen LogP contribution is -2.29. The third kappa shape index (κ3) is 3.29. The van der Waals surface area contributed by atoms with Gasteiger partial charge in [0.15, 0.2) is 0 Å². The molecule has 1 aromatic heterocycles. The van der Waals surface area contributed by atoms with Gasteiger partial charge in [-0.05, 0) is 30.0 Å². The lowest BCUT2D eigenvalue weighted by atomic mass is 10.1. The molecular formula is C14H15ClFNO2S2. The Morgan fingerprint density at radius 2 is 2.05 bits per heavy atom. The largest absolute Gasteiger partial charge is 0.252 e. The summed E-state index contributed by atoms with van der Waals surface area (Å²) >= 11 is 6.82. The van der Waals surface area contributed by atoms with Gasteiger partial charge < -0.3 is 0 Å². The highest BCUT2D eigenvalue weighted by Gasteiger charge is 2.28. The van der Waals surface area contributed by atoms with E-state index in [1.54, 1.807) is 36.6 Å². The van der Waals surface area contributed by atoms with Gasteiger partial charge >= 0.3 is 0 Å². The van der Waals surface area contributed by atoms with Crippen molar-refractivity contribution in [1.29, 1.82) is 0 Å². The van der Waals surface area contributed by atoms with Crippen molar-refractivity contribution in [2.24, 2.45) is 0 Å². The summed E-state index contributed by atoms with van der Waals surface area (Å²) in [7, 11) is -2.21. The average molecular weight is 348 g/mol. The second-order valence-electron chi connectivity index (χ2n) is 4.63. The maximum atomic E-state index is 13.8. The number of hydrogen-bond acceptors (Lipinski definition) is 3. The van der Waals surface area contributed by atoms with Crippen LogP contribution in [-0.4, -0.2) is 19.8 Å². The minimum atomic E-state index is -3.67. The quantitative estimate of drug-likeness (QED) is 0.766. The predicted octanol–water partition coefficient (Wildman–Crippen LogP) is 4.01. The Kier molecular flexibility index (Phi) is 5.03. The average Bonchev–Trinajstić information content (AvgIpc) is 2.96. The van der Waals surface area contributed by atoms with Crippen LogP contribution in [-0.2, 0) is 15.9 Å². The molecule has 0 aliphatic heterocycles. The highest BCUT2D eigenvalue weighted by atomic mass is 35.5. The molecule has 1 aromatic carbocycles. The molecule has 0 saturated heterocycles. The number of nitrogens with zero attached hydrogens (tertiary/aromatic N) is 1. The van der Waals surface area contributed by atoms with Crippen LogP contribution in [0.15, 0.2) is 39.9 Å². The molecule has 0 aliphatic rings. The van der Waals surface area contributed by atoms with Crippen molar-refractivity contribution in [3.8, 4) is 0 Å². The fourth-order valence-electron chi connectivity index (χ4n) is 1.92. The molecule has 0 saturated carbocycles. The van der Waals surface area contributed by atoms with Gasteiger partial charge in [-0.2, -0.15) is 4.31 Å². The number of halogens is 2. The van der Waals surface area contributed by atoms with Crippen LogP contribution in [0.1, 0.15) is 24.1 Å². The Morgan fingerprint density at radius 3 is 2.62 bits per heavy atom. The molecule has 1 heterocycles. The summed E-state index contributed by atoms with van der Waals surface area (Å²) < 4.78 is 40.3. The topological polar surface area (TPSA) is 37.4 Å². The molecule has 2 aromatic rings. The van der Waals surface area contributed by atoms with Crippen LogP contribution in [0.5, 0.6) is 0 Å². The highest BCUT2D eigenvalue weighted by Crippen LogP contribution is 2.30. The van der Waals surface area contributed by atoms with Gasteiger partial charge in [-0.1, -0.05) is 18.2 Å². The number of hydrogen-bond donors (Lipinski definition) is 0. The molecule has 2 rings (SSSR count). The first-order valence-electron chi connectivity index (χ1n) is 6.23. The summed E-state index contributed by atoms with van der Waals surface area (Å²) in [6, 6.07) is 7.13. The van der Waals surface area contributed by atoms with E-state index < -0.39 is 21.9 Å². The van der Waals surface area contributed by atoms with Gasteiger partial charge in [-0.15, -0.1) is 22.9 Å². The molecular weight excluding hydrogens is 333 g/mol.